The first-order valence-corrected chi connectivity index (χ1v) is 6.92. The lowest BCUT2D eigenvalue weighted by Gasteiger charge is -2.25. The Labute approximate surface area is 122 Å². The molecule has 0 unspecified atom stereocenters. The average Bonchev–Trinajstić information content (AvgIpc) is 2.46. The number of piperidine rings is 1. The Morgan fingerprint density at radius 2 is 2.00 bits per heavy atom. The highest BCUT2D eigenvalue weighted by molar-refractivity contribution is 6.30. The molecular weight excluding hydrogens is 278 g/mol. The molecule has 2 heterocycles. The largest absolute Gasteiger partial charge is 0.339 e. The molecule has 0 atom stereocenters. The maximum atomic E-state index is 11.8. The van der Waals surface area contributed by atoms with Crippen molar-refractivity contribution >= 4 is 29.2 Å². The number of nitrogens with zero attached hydrogens (tertiary/aromatic N) is 2. The van der Waals surface area contributed by atoms with Gasteiger partial charge in [-0.3, -0.25) is 9.59 Å². The Bertz CT molecular complexity index is 525. The van der Waals surface area contributed by atoms with Crippen LogP contribution in [0.15, 0.2) is 30.5 Å². The molecule has 1 fully saturated rings. The summed E-state index contributed by atoms with van der Waals surface area (Å²) in [6.45, 7) is 1.53. The van der Waals surface area contributed by atoms with Gasteiger partial charge < -0.3 is 10.2 Å². The van der Waals surface area contributed by atoms with Gasteiger partial charge >= 0.3 is 0 Å². The Kier molecular flexibility index (Phi) is 5.12. The zero-order valence-corrected chi connectivity index (χ0v) is 11.8. The maximum Gasteiger partial charge on any atom is 0.249 e. The zero-order chi connectivity index (χ0) is 14.4. The number of pyridine rings is 1. The van der Waals surface area contributed by atoms with E-state index in [0.717, 1.165) is 32.4 Å². The summed E-state index contributed by atoms with van der Waals surface area (Å²) in [6, 6.07) is 3.16. The van der Waals surface area contributed by atoms with Crippen LogP contribution in [0.4, 0.5) is 5.82 Å². The third kappa shape index (κ3) is 4.35. The first-order chi connectivity index (χ1) is 9.65. The topological polar surface area (TPSA) is 62.3 Å². The zero-order valence-electron chi connectivity index (χ0n) is 11.0. The molecule has 1 aromatic heterocycles. The quantitative estimate of drug-likeness (QED) is 0.870. The van der Waals surface area contributed by atoms with Crippen molar-refractivity contribution in [2.24, 2.45) is 0 Å². The Morgan fingerprint density at radius 1 is 1.25 bits per heavy atom. The third-order valence-corrected chi connectivity index (χ3v) is 3.25. The summed E-state index contributed by atoms with van der Waals surface area (Å²) in [7, 11) is 0. The summed E-state index contributed by atoms with van der Waals surface area (Å²) >= 11 is 5.79. The Morgan fingerprint density at radius 3 is 2.70 bits per heavy atom. The molecule has 1 aliphatic heterocycles. The molecule has 2 amide bonds. The summed E-state index contributed by atoms with van der Waals surface area (Å²) in [5, 5.41) is 3.04. The van der Waals surface area contributed by atoms with Gasteiger partial charge in [0.05, 0.1) is 0 Å². The number of anilines is 1. The minimum absolute atomic E-state index is 0.126. The number of amides is 2. The number of hydrogen-bond acceptors (Lipinski definition) is 3. The SMILES string of the molecule is O=C(/C=C\C(=O)N1CCCCC1)Nc1cc(Cl)ccn1. The van der Waals surface area contributed by atoms with Crippen molar-refractivity contribution in [2.75, 3.05) is 18.4 Å². The highest BCUT2D eigenvalue weighted by atomic mass is 35.5. The van der Waals surface area contributed by atoms with E-state index in [-0.39, 0.29) is 5.91 Å². The first-order valence-electron chi connectivity index (χ1n) is 6.55. The van der Waals surface area contributed by atoms with Crippen molar-refractivity contribution in [3.63, 3.8) is 0 Å². The highest BCUT2D eigenvalue weighted by Gasteiger charge is 2.14. The minimum Gasteiger partial charge on any atom is -0.339 e. The minimum atomic E-state index is -0.398. The number of halogens is 1. The van der Waals surface area contributed by atoms with Gasteiger partial charge in [-0.15, -0.1) is 0 Å². The van der Waals surface area contributed by atoms with E-state index >= 15 is 0 Å². The molecule has 0 aliphatic carbocycles. The second kappa shape index (κ2) is 7.05. The molecule has 0 bridgehead atoms. The van der Waals surface area contributed by atoms with Crippen LogP contribution in [-0.2, 0) is 9.59 Å². The van der Waals surface area contributed by atoms with Gasteiger partial charge in [-0.1, -0.05) is 11.6 Å². The number of nitrogens with one attached hydrogen (secondary N) is 1. The van der Waals surface area contributed by atoms with Gasteiger partial charge in [0.15, 0.2) is 0 Å². The average molecular weight is 294 g/mol. The van der Waals surface area contributed by atoms with Gasteiger partial charge in [0.25, 0.3) is 0 Å². The van der Waals surface area contributed by atoms with Gasteiger partial charge in [-0.2, -0.15) is 0 Å². The summed E-state index contributed by atoms with van der Waals surface area (Å²) in [5.41, 5.74) is 0. The second-order valence-electron chi connectivity index (χ2n) is 4.57. The molecule has 0 saturated carbocycles. The predicted octanol–water partition coefficient (Wildman–Crippen LogP) is 2.24. The van der Waals surface area contributed by atoms with Gasteiger partial charge in [-0.05, 0) is 31.4 Å². The fourth-order valence-corrected chi connectivity index (χ4v) is 2.17. The van der Waals surface area contributed by atoms with Crippen LogP contribution in [0.3, 0.4) is 0 Å². The molecule has 20 heavy (non-hydrogen) atoms. The molecule has 2 rings (SSSR count). The lowest BCUT2D eigenvalue weighted by atomic mass is 10.1. The maximum absolute atomic E-state index is 11.8. The van der Waals surface area contributed by atoms with Crippen LogP contribution in [0.2, 0.25) is 5.02 Å². The van der Waals surface area contributed by atoms with Gasteiger partial charge in [0.2, 0.25) is 11.8 Å². The van der Waals surface area contributed by atoms with E-state index in [1.165, 1.54) is 18.3 Å². The highest BCUT2D eigenvalue weighted by Crippen LogP contribution is 2.12. The fourth-order valence-electron chi connectivity index (χ4n) is 2.01. The normalized spacial score (nSPS) is 15.3. The van der Waals surface area contributed by atoms with E-state index < -0.39 is 5.91 Å². The summed E-state index contributed by atoms with van der Waals surface area (Å²) < 4.78 is 0. The number of aromatic nitrogens is 1. The molecule has 1 saturated heterocycles. The lowest BCUT2D eigenvalue weighted by molar-refractivity contribution is -0.127. The van der Waals surface area contributed by atoms with Crippen molar-refractivity contribution < 1.29 is 9.59 Å². The number of rotatable bonds is 3. The third-order valence-electron chi connectivity index (χ3n) is 3.02. The smallest absolute Gasteiger partial charge is 0.249 e. The molecule has 5 nitrogen and oxygen atoms in total. The van der Waals surface area contributed by atoms with Gasteiger partial charge in [0.1, 0.15) is 5.82 Å². The van der Waals surface area contributed by atoms with E-state index in [0.29, 0.717) is 10.8 Å². The second-order valence-corrected chi connectivity index (χ2v) is 5.00. The van der Waals surface area contributed by atoms with E-state index in [2.05, 4.69) is 10.3 Å². The van der Waals surface area contributed by atoms with E-state index in [1.54, 1.807) is 17.0 Å². The summed E-state index contributed by atoms with van der Waals surface area (Å²) in [5.74, 6) is -0.165. The molecule has 6 heteroatoms. The van der Waals surface area contributed by atoms with Gasteiger partial charge in [0, 0.05) is 36.5 Å². The molecule has 0 aromatic carbocycles. The van der Waals surface area contributed by atoms with Crippen molar-refractivity contribution in [1.82, 2.24) is 9.88 Å². The Balaban J connectivity index is 1.87. The van der Waals surface area contributed by atoms with Gasteiger partial charge in [-0.25, -0.2) is 4.98 Å². The monoisotopic (exact) mass is 293 g/mol. The summed E-state index contributed by atoms with van der Waals surface area (Å²) in [6.07, 6.45) is 7.23. The summed E-state index contributed by atoms with van der Waals surface area (Å²) in [4.78, 5) is 29.2. The lowest BCUT2D eigenvalue weighted by Crippen LogP contribution is -2.34. The van der Waals surface area contributed by atoms with Crippen molar-refractivity contribution in [3.05, 3.63) is 35.5 Å². The molecular formula is C14H16ClN3O2. The number of likely N-dealkylation sites (tertiary alicyclic amines) is 1. The molecule has 1 aliphatic rings. The van der Waals surface area contributed by atoms with Crippen LogP contribution >= 0.6 is 11.6 Å². The molecule has 1 N–H and O–H groups in total. The molecule has 0 radical (unpaired) electrons. The molecule has 1 aromatic rings. The van der Waals surface area contributed by atoms with Crippen LogP contribution in [0.5, 0.6) is 0 Å². The van der Waals surface area contributed by atoms with Crippen LogP contribution in [0.1, 0.15) is 19.3 Å². The molecule has 0 spiro atoms. The van der Waals surface area contributed by atoms with Crippen molar-refractivity contribution in [2.45, 2.75) is 19.3 Å². The van der Waals surface area contributed by atoms with Crippen LogP contribution in [-0.4, -0.2) is 34.8 Å². The predicted molar refractivity (Wildman–Crippen MR) is 77.4 cm³/mol. The van der Waals surface area contributed by atoms with E-state index in [1.807, 2.05) is 0 Å². The van der Waals surface area contributed by atoms with Crippen LogP contribution in [0, 0.1) is 0 Å². The van der Waals surface area contributed by atoms with Crippen LogP contribution < -0.4 is 5.32 Å². The van der Waals surface area contributed by atoms with Crippen molar-refractivity contribution in [3.8, 4) is 0 Å². The standard InChI is InChI=1S/C14H16ClN3O2/c15-11-6-7-16-12(10-11)17-13(19)4-5-14(20)18-8-2-1-3-9-18/h4-7,10H,1-3,8-9H2,(H,16,17,19)/b5-4-. The number of hydrogen-bond donors (Lipinski definition) is 1. The number of carbonyl (C=O) groups is 2. The molecule has 106 valence electrons. The number of carbonyl (C=O) groups excluding carboxylic acids is 2. The van der Waals surface area contributed by atoms with Crippen LogP contribution in [0.25, 0.3) is 0 Å². The fraction of sp³-hybridized carbons (Fsp3) is 0.357. The Hall–Kier alpha value is -1.88. The first kappa shape index (κ1) is 14.5. The van der Waals surface area contributed by atoms with Crippen molar-refractivity contribution in [1.29, 1.82) is 0 Å². The van der Waals surface area contributed by atoms with E-state index in [4.69, 9.17) is 11.6 Å². The van der Waals surface area contributed by atoms with E-state index in [9.17, 15) is 9.59 Å².